The van der Waals surface area contributed by atoms with Gasteiger partial charge in [-0.3, -0.25) is 4.79 Å². The van der Waals surface area contributed by atoms with Crippen LogP contribution >= 0.6 is 0 Å². The Morgan fingerprint density at radius 3 is 2.94 bits per heavy atom. The molecular formula is C12H13FN2O2. The molecule has 2 N–H and O–H groups in total. The van der Waals surface area contributed by atoms with E-state index in [4.69, 9.17) is 10.4 Å². The summed E-state index contributed by atoms with van der Waals surface area (Å²) in [6, 6.07) is 5.96. The normalized spacial score (nSPS) is 9.88. The summed E-state index contributed by atoms with van der Waals surface area (Å²) < 4.78 is 12.8. The molecule has 0 aliphatic rings. The number of nitrogens with zero attached hydrogens (tertiary/aromatic N) is 1. The number of halogens is 1. The third-order valence-corrected chi connectivity index (χ3v) is 2.25. The van der Waals surface area contributed by atoms with E-state index in [-0.39, 0.29) is 6.42 Å². The van der Waals surface area contributed by atoms with Gasteiger partial charge in [-0.1, -0.05) is 6.07 Å². The average Bonchev–Trinajstić information content (AvgIpc) is 2.29. The summed E-state index contributed by atoms with van der Waals surface area (Å²) in [6.07, 6.45) is 0.639. The summed E-state index contributed by atoms with van der Waals surface area (Å²) in [5.41, 5.74) is 1.01. The monoisotopic (exact) mass is 236 g/mol. The molecular weight excluding hydrogens is 223 g/mol. The smallest absolute Gasteiger partial charge is 0.303 e. The molecule has 0 aliphatic carbocycles. The van der Waals surface area contributed by atoms with Gasteiger partial charge in [0.1, 0.15) is 5.82 Å². The molecule has 4 nitrogen and oxygen atoms in total. The molecule has 17 heavy (non-hydrogen) atoms. The lowest BCUT2D eigenvalue weighted by Crippen LogP contribution is -2.16. The summed E-state index contributed by atoms with van der Waals surface area (Å²) >= 11 is 0. The van der Waals surface area contributed by atoms with Crippen LogP contribution in [0.2, 0.25) is 0 Å². The fraction of sp³-hybridized carbons (Fsp3) is 0.333. The second kappa shape index (κ2) is 6.61. The Balaban J connectivity index is 2.42. The molecule has 0 aliphatic heterocycles. The molecule has 90 valence electrons. The van der Waals surface area contributed by atoms with Gasteiger partial charge in [0.15, 0.2) is 0 Å². The molecule has 0 radical (unpaired) electrons. The third-order valence-electron chi connectivity index (χ3n) is 2.25. The van der Waals surface area contributed by atoms with Crippen LogP contribution in [-0.2, 0) is 11.3 Å². The number of benzene rings is 1. The van der Waals surface area contributed by atoms with Gasteiger partial charge in [0.25, 0.3) is 0 Å². The van der Waals surface area contributed by atoms with Crippen molar-refractivity contribution >= 4 is 5.97 Å². The van der Waals surface area contributed by atoms with E-state index in [1.165, 1.54) is 12.1 Å². The maximum absolute atomic E-state index is 12.8. The molecule has 0 saturated heterocycles. The van der Waals surface area contributed by atoms with Gasteiger partial charge >= 0.3 is 5.97 Å². The van der Waals surface area contributed by atoms with Crippen LogP contribution in [0.5, 0.6) is 0 Å². The van der Waals surface area contributed by atoms with Crippen molar-refractivity contribution in [3.63, 3.8) is 0 Å². The topological polar surface area (TPSA) is 73.1 Å². The minimum absolute atomic E-state index is 0.113. The average molecular weight is 236 g/mol. The standard InChI is InChI=1S/C12H13FN2O2/c13-11-4-3-9(10(6-11)7-14)8-15-5-1-2-12(16)17/h3-4,6,15H,1-2,5,8H2,(H,16,17). The first-order valence-corrected chi connectivity index (χ1v) is 5.24. The summed E-state index contributed by atoms with van der Waals surface area (Å²) in [6.45, 7) is 0.983. The van der Waals surface area contributed by atoms with Crippen molar-refractivity contribution in [2.45, 2.75) is 19.4 Å². The van der Waals surface area contributed by atoms with Gasteiger partial charge in [0, 0.05) is 13.0 Å². The van der Waals surface area contributed by atoms with E-state index in [1.807, 2.05) is 6.07 Å². The Bertz CT molecular complexity index is 441. The molecule has 0 amide bonds. The highest BCUT2D eigenvalue weighted by Gasteiger charge is 2.03. The maximum atomic E-state index is 12.8. The minimum atomic E-state index is -0.828. The highest BCUT2D eigenvalue weighted by Crippen LogP contribution is 2.09. The first-order chi connectivity index (χ1) is 8.13. The van der Waals surface area contributed by atoms with E-state index in [9.17, 15) is 9.18 Å². The first-order valence-electron chi connectivity index (χ1n) is 5.24. The summed E-state index contributed by atoms with van der Waals surface area (Å²) in [4.78, 5) is 10.3. The molecule has 1 aromatic rings. The van der Waals surface area contributed by atoms with Gasteiger partial charge in [0.2, 0.25) is 0 Å². The number of aliphatic carboxylic acids is 1. The molecule has 0 saturated carbocycles. The zero-order valence-corrected chi connectivity index (χ0v) is 9.24. The highest BCUT2D eigenvalue weighted by atomic mass is 19.1. The summed E-state index contributed by atoms with van der Waals surface area (Å²) in [5, 5.41) is 20.2. The number of nitrogens with one attached hydrogen (secondary N) is 1. The van der Waals surface area contributed by atoms with Crippen LogP contribution in [0.15, 0.2) is 18.2 Å². The number of hydrogen-bond acceptors (Lipinski definition) is 3. The summed E-state index contributed by atoms with van der Waals surface area (Å²) in [5.74, 6) is -1.26. The first kappa shape index (κ1) is 13.1. The molecule has 0 aromatic heterocycles. The Labute approximate surface area is 98.7 Å². The van der Waals surface area contributed by atoms with E-state index in [0.29, 0.717) is 30.6 Å². The van der Waals surface area contributed by atoms with Crippen LogP contribution in [0.4, 0.5) is 4.39 Å². The fourth-order valence-corrected chi connectivity index (χ4v) is 1.39. The van der Waals surface area contributed by atoms with Crippen molar-refractivity contribution in [1.29, 1.82) is 5.26 Å². The molecule has 0 heterocycles. The van der Waals surface area contributed by atoms with Crippen molar-refractivity contribution in [3.8, 4) is 6.07 Å². The lowest BCUT2D eigenvalue weighted by Gasteiger charge is -2.05. The number of carbonyl (C=O) groups is 1. The molecule has 0 bridgehead atoms. The van der Waals surface area contributed by atoms with Crippen molar-refractivity contribution in [3.05, 3.63) is 35.1 Å². The predicted molar refractivity (Wildman–Crippen MR) is 59.7 cm³/mol. The number of nitriles is 1. The number of carboxylic acid groups (broad SMARTS) is 1. The Kier molecular flexibility index (Phi) is 5.11. The molecule has 0 atom stereocenters. The van der Waals surface area contributed by atoms with Gasteiger partial charge in [-0.05, 0) is 30.7 Å². The summed E-state index contributed by atoms with van der Waals surface area (Å²) in [7, 11) is 0. The Hall–Kier alpha value is -1.93. The van der Waals surface area contributed by atoms with Crippen molar-refractivity contribution in [2.24, 2.45) is 0 Å². The lowest BCUT2D eigenvalue weighted by atomic mass is 10.1. The van der Waals surface area contributed by atoms with Gasteiger partial charge in [0.05, 0.1) is 11.6 Å². The van der Waals surface area contributed by atoms with Crippen LogP contribution in [0.1, 0.15) is 24.0 Å². The molecule has 0 unspecified atom stereocenters. The van der Waals surface area contributed by atoms with Crippen molar-refractivity contribution in [2.75, 3.05) is 6.54 Å². The maximum Gasteiger partial charge on any atom is 0.303 e. The van der Waals surface area contributed by atoms with Crippen LogP contribution in [0.25, 0.3) is 0 Å². The van der Waals surface area contributed by atoms with Crippen LogP contribution in [0, 0.1) is 17.1 Å². The molecule has 0 fully saturated rings. The van der Waals surface area contributed by atoms with Gasteiger partial charge < -0.3 is 10.4 Å². The molecule has 1 rings (SSSR count). The second-order valence-corrected chi connectivity index (χ2v) is 3.59. The van der Waals surface area contributed by atoms with E-state index in [0.717, 1.165) is 0 Å². The van der Waals surface area contributed by atoms with E-state index >= 15 is 0 Å². The van der Waals surface area contributed by atoms with Gasteiger partial charge in [-0.25, -0.2) is 4.39 Å². The lowest BCUT2D eigenvalue weighted by molar-refractivity contribution is -0.137. The van der Waals surface area contributed by atoms with Gasteiger partial charge in [-0.15, -0.1) is 0 Å². The Morgan fingerprint density at radius 1 is 1.53 bits per heavy atom. The quantitative estimate of drug-likeness (QED) is 0.736. The van der Waals surface area contributed by atoms with E-state index in [2.05, 4.69) is 5.32 Å². The van der Waals surface area contributed by atoms with E-state index < -0.39 is 11.8 Å². The van der Waals surface area contributed by atoms with Crippen molar-refractivity contribution < 1.29 is 14.3 Å². The number of rotatable bonds is 6. The molecule has 1 aromatic carbocycles. The van der Waals surface area contributed by atoms with Crippen LogP contribution < -0.4 is 5.32 Å². The molecule has 0 spiro atoms. The van der Waals surface area contributed by atoms with E-state index in [1.54, 1.807) is 6.07 Å². The van der Waals surface area contributed by atoms with Crippen LogP contribution in [0.3, 0.4) is 0 Å². The number of hydrogen-bond donors (Lipinski definition) is 2. The second-order valence-electron chi connectivity index (χ2n) is 3.59. The number of carboxylic acids is 1. The SMILES string of the molecule is N#Cc1cc(F)ccc1CNCCCC(=O)O. The zero-order chi connectivity index (χ0) is 12.7. The zero-order valence-electron chi connectivity index (χ0n) is 9.24. The fourth-order valence-electron chi connectivity index (χ4n) is 1.39. The van der Waals surface area contributed by atoms with Crippen LogP contribution in [-0.4, -0.2) is 17.6 Å². The largest absolute Gasteiger partial charge is 0.481 e. The predicted octanol–water partition coefficient (Wildman–Crippen LogP) is 1.65. The third kappa shape index (κ3) is 4.62. The van der Waals surface area contributed by atoms with Crippen molar-refractivity contribution in [1.82, 2.24) is 5.32 Å². The highest BCUT2D eigenvalue weighted by molar-refractivity contribution is 5.66. The minimum Gasteiger partial charge on any atom is -0.481 e. The Morgan fingerprint density at radius 2 is 2.29 bits per heavy atom. The molecule has 5 heteroatoms. The van der Waals surface area contributed by atoms with Gasteiger partial charge in [-0.2, -0.15) is 5.26 Å².